The van der Waals surface area contributed by atoms with Crippen LogP contribution in [-0.4, -0.2) is 48.4 Å². The van der Waals surface area contributed by atoms with Crippen LogP contribution in [0.25, 0.3) is 0 Å². The Balaban J connectivity index is 2.31. The maximum Gasteiger partial charge on any atom is 0.223 e. The molecule has 0 saturated carbocycles. The summed E-state index contributed by atoms with van der Waals surface area (Å²) in [4.78, 5) is 24.9. The van der Waals surface area contributed by atoms with Gasteiger partial charge in [-0.3, -0.25) is 9.59 Å². The average Bonchev–Trinajstić information content (AvgIpc) is 2.27. The van der Waals surface area contributed by atoms with Crippen molar-refractivity contribution in [2.24, 2.45) is 0 Å². The van der Waals surface area contributed by atoms with Gasteiger partial charge in [0.2, 0.25) is 11.8 Å². The highest BCUT2D eigenvalue weighted by atomic mass is 16.2. The second-order valence-corrected chi connectivity index (χ2v) is 5.24. The summed E-state index contributed by atoms with van der Waals surface area (Å²) in [6.07, 6.45) is 2.47. The molecule has 104 valence electrons. The standard InChI is InChI=1S/C13H25N3O2/c1-10(2)14-7-6-13(18)16-8-4-5-12(9-16)15-11(3)17/h10,12,14H,4-9H2,1-3H3,(H,15,17). The molecular formula is C13H25N3O2. The van der Waals surface area contributed by atoms with Gasteiger partial charge in [-0.05, 0) is 12.8 Å². The molecule has 1 atom stereocenters. The summed E-state index contributed by atoms with van der Waals surface area (Å²) in [7, 11) is 0. The Hall–Kier alpha value is -1.10. The molecule has 1 fully saturated rings. The number of carbonyl (C=O) groups is 2. The van der Waals surface area contributed by atoms with E-state index in [1.807, 2.05) is 4.90 Å². The number of hydrogen-bond donors (Lipinski definition) is 2. The minimum absolute atomic E-state index is 0.0178. The third kappa shape index (κ3) is 5.49. The van der Waals surface area contributed by atoms with Crippen LogP contribution in [0.15, 0.2) is 0 Å². The zero-order chi connectivity index (χ0) is 13.5. The number of nitrogens with one attached hydrogen (secondary N) is 2. The molecule has 0 aromatic heterocycles. The first kappa shape index (κ1) is 15.0. The van der Waals surface area contributed by atoms with Gasteiger partial charge in [-0.25, -0.2) is 0 Å². The lowest BCUT2D eigenvalue weighted by Gasteiger charge is -2.33. The van der Waals surface area contributed by atoms with Crippen molar-refractivity contribution in [3.63, 3.8) is 0 Å². The lowest BCUT2D eigenvalue weighted by atomic mass is 10.1. The van der Waals surface area contributed by atoms with Crippen molar-refractivity contribution in [3.8, 4) is 0 Å². The number of rotatable bonds is 5. The van der Waals surface area contributed by atoms with Gasteiger partial charge in [-0.1, -0.05) is 13.8 Å². The van der Waals surface area contributed by atoms with Gasteiger partial charge in [-0.2, -0.15) is 0 Å². The zero-order valence-electron chi connectivity index (χ0n) is 11.7. The van der Waals surface area contributed by atoms with Crippen LogP contribution in [0.2, 0.25) is 0 Å². The van der Waals surface area contributed by atoms with E-state index in [1.165, 1.54) is 6.92 Å². The zero-order valence-corrected chi connectivity index (χ0v) is 11.7. The maximum absolute atomic E-state index is 12.0. The van der Waals surface area contributed by atoms with Crippen LogP contribution in [0, 0.1) is 0 Å². The molecule has 2 N–H and O–H groups in total. The van der Waals surface area contributed by atoms with E-state index in [0.717, 1.165) is 25.9 Å². The molecule has 0 aromatic rings. The minimum Gasteiger partial charge on any atom is -0.352 e. The Morgan fingerprint density at radius 2 is 2.11 bits per heavy atom. The summed E-state index contributed by atoms with van der Waals surface area (Å²) < 4.78 is 0. The summed E-state index contributed by atoms with van der Waals surface area (Å²) in [5, 5.41) is 6.13. The van der Waals surface area contributed by atoms with E-state index in [1.54, 1.807) is 0 Å². The van der Waals surface area contributed by atoms with Gasteiger partial charge in [0.15, 0.2) is 0 Å². The molecule has 0 spiro atoms. The van der Waals surface area contributed by atoms with Crippen LogP contribution in [0.5, 0.6) is 0 Å². The van der Waals surface area contributed by atoms with Crippen LogP contribution in [0.1, 0.15) is 40.0 Å². The molecule has 0 aromatic carbocycles. The number of hydrogen-bond acceptors (Lipinski definition) is 3. The van der Waals surface area contributed by atoms with E-state index >= 15 is 0 Å². The minimum atomic E-state index is -0.0178. The molecule has 0 radical (unpaired) electrons. The van der Waals surface area contributed by atoms with Crippen LogP contribution in [0.3, 0.4) is 0 Å². The predicted molar refractivity (Wildman–Crippen MR) is 71.2 cm³/mol. The van der Waals surface area contributed by atoms with Gasteiger partial charge in [0.1, 0.15) is 0 Å². The van der Waals surface area contributed by atoms with Gasteiger partial charge in [0.25, 0.3) is 0 Å². The molecular weight excluding hydrogens is 230 g/mol. The summed E-state index contributed by atoms with van der Waals surface area (Å²) in [5.74, 6) is 0.161. The summed E-state index contributed by atoms with van der Waals surface area (Å²) in [6, 6.07) is 0.532. The van der Waals surface area contributed by atoms with E-state index in [2.05, 4.69) is 24.5 Å². The first-order chi connectivity index (χ1) is 8.49. The number of likely N-dealkylation sites (tertiary alicyclic amines) is 1. The largest absolute Gasteiger partial charge is 0.352 e. The quantitative estimate of drug-likeness (QED) is 0.752. The fourth-order valence-corrected chi connectivity index (χ4v) is 2.23. The molecule has 1 aliphatic rings. The lowest BCUT2D eigenvalue weighted by Crippen LogP contribution is -2.49. The normalized spacial score (nSPS) is 20.0. The van der Waals surface area contributed by atoms with Crippen LogP contribution < -0.4 is 10.6 Å². The van der Waals surface area contributed by atoms with Crippen molar-refractivity contribution < 1.29 is 9.59 Å². The molecule has 1 unspecified atom stereocenters. The van der Waals surface area contributed by atoms with Gasteiger partial charge < -0.3 is 15.5 Å². The summed E-state index contributed by atoms with van der Waals surface area (Å²) in [6.45, 7) is 7.85. The topological polar surface area (TPSA) is 61.4 Å². The molecule has 0 aliphatic carbocycles. The lowest BCUT2D eigenvalue weighted by molar-refractivity contribution is -0.133. The van der Waals surface area contributed by atoms with Crippen LogP contribution >= 0.6 is 0 Å². The molecule has 1 aliphatic heterocycles. The number of nitrogens with zero attached hydrogens (tertiary/aromatic N) is 1. The molecule has 18 heavy (non-hydrogen) atoms. The van der Waals surface area contributed by atoms with Crippen molar-refractivity contribution in [3.05, 3.63) is 0 Å². The first-order valence-corrected chi connectivity index (χ1v) is 6.77. The van der Waals surface area contributed by atoms with E-state index in [0.29, 0.717) is 19.0 Å². The fraction of sp³-hybridized carbons (Fsp3) is 0.846. The predicted octanol–water partition coefficient (Wildman–Crippen LogP) is 0.502. The Kier molecular flexibility index (Phi) is 6.12. The van der Waals surface area contributed by atoms with Crippen molar-refractivity contribution in [2.75, 3.05) is 19.6 Å². The average molecular weight is 255 g/mol. The van der Waals surface area contributed by atoms with E-state index in [-0.39, 0.29) is 17.9 Å². The van der Waals surface area contributed by atoms with E-state index in [4.69, 9.17) is 0 Å². The summed E-state index contributed by atoms with van der Waals surface area (Å²) in [5.41, 5.74) is 0. The smallest absolute Gasteiger partial charge is 0.223 e. The first-order valence-electron chi connectivity index (χ1n) is 6.77. The van der Waals surface area contributed by atoms with Crippen molar-refractivity contribution in [1.82, 2.24) is 15.5 Å². The third-order valence-electron chi connectivity index (χ3n) is 3.07. The highest BCUT2D eigenvalue weighted by Crippen LogP contribution is 2.11. The van der Waals surface area contributed by atoms with Crippen LogP contribution in [-0.2, 0) is 9.59 Å². The van der Waals surface area contributed by atoms with Crippen molar-refractivity contribution >= 4 is 11.8 Å². The number of amides is 2. The molecule has 0 bridgehead atoms. The Morgan fingerprint density at radius 1 is 1.39 bits per heavy atom. The number of piperidine rings is 1. The van der Waals surface area contributed by atoms with Crippen LogP contribution in [0.4, 0.5) is 0 Å². The van der Waals surface area contributed by atoms with Gasteiger partial charge >= 0.3 is 0 Å². The number of carbonyl (C=O) groups excluding carboxylic acids is 2. The van der Waals surface area contributed by atoms with E-state index < -0.39 is 0 Å². The van der Waals surface area contributed by atoms with Gasteiger partial charge in [-0.15, -0.1) is 0 Å². The molecule has 5 heteroatoms. The third-order valence-corrected chi connectivity index (χ3v) is 3.07. The van der Waals surface area contributed by atoms with Gasteiger partial charge in [0.05, 0.1) is 0 Å². The Morgan fingerprint density at radius 3 is 2.72 bits per heavy atom. The highest BCUT2D eigenvalue weighted by molar-refractivity contribution is 5.77. The molecule has 1 saturated heterocycles. The Labute approximate surface area is 109 Å². The molecule has 5 nitrogen and oxygen atoms in total. The van der Waals surface area contributed by atoms with Gasteiger partial charge in [0, 0.05) is 45.1 Å². The molecule has 1 rings (SSSR count). The summed E-state index contributed by atoms with van der Waals surface area (Å²) >= 11 is 0. The Bertz CT molecular complexity index is 292. The van der Waals surface area contributed by atoms with Crippen molar-refractivity contribution in [1.29, 1.82) is 0 Å². The fourth-order valence-electron chi connectivity index (χ4n) is 2.23. The maximum atomic E-state index is 12.0. The second-order valence-electron chi connectivity index (χ2n) is 5.24. The monoisotopic (exact) mass is 255 g/mol. The highest BCUT2D eigenvalue weighted by Gasteiger charge is 2.23. The van der Waals surface area contributed by atoms with Crippen molar-refractivity contribution in [2.45, 2.75) is 52.1 Å². The molecule has 2 amide bonds. The second kappa shape index (κ2) is 7.36. The SMILES string of the molecule is CC(=O)NC1CCCN(C(=O)CCNC(C)C)C1. The van der Waals surface area contributed by atoms with E-state index in [9.17, 15) is 9.59 Å². The molecule has 1 heterocycles.